The second-order valence-corrected chi connectivity index (χ2v) is 4.36. The molecule has 6 nitrogen and oxygen atoms in total. The fourth-order valence-corrected chi connectivity index (χ4v) is 1.49. The van der Waals surface area contributed by atoms with Crippen molar-refractivity contribution in [2.45, 2.75) is 45.7 Å². The highest BCUT2D eigenvalue weighted by molar-refractivity contribution is 5.79. The number of hydrogen-bond acceptors (Lipinski definition) is 3. The van der Waals surface area contributed by atoms with Gasteiger partial charge in [-0.25, -0.2) is 0 Å². The maximum atomic E-state index is 4.19. The van der Waals surface area contributed by atoms with Gasteiger partial charge in [0.15, 0.2) is 5.96 Å². The normalized spacial score (nSPS) is 13.4. The highest BCUT2D eigenvalue weighted by Gasteiger charge is 2.01. The average molecular weight is 252 g/mol. The highest BCUT2D eigenvalue weighted by atomic mass is 15.2. The molecule has 1 rings (SSSR count). The van der Waals surface area contributed by atoms with Gasteiger partial charge in [0.05, 0.1) is 0 Å². The van der Waals surface area contributed by atoms with E-state index in [0.29, 0.717) is 6.04 Å². The van der Waals surface area contributed by atoms with Crippen LogP contribution in [0.3, 0.4) is 0 Å². The van der Waals surface area contributed by atoms with Gasteiger partial charge in [0.2, 0.25) is 0 Å². The third-order valence-electron chi connectivity index (χ3n) is 2.82. The zero-order chi connectivity index (χ0) is 13.2. The summed E-state index contributed by atoms with van der Waals surface area (Å²) in [5.41, 5.74) is 0. The lowest BCUT2D eigenvalue weighted by Gasteiger charge is -2.16. The summed E-state index contributed by atoms with van der Waals surface area (Å²) in [6, 6.07) is 0.452. The van der Waals surface area contributed by atoms with Crippen molar-refractivity contribution in [1.82, 2.24) is 25.4 Å². The van der Waals surface area contributed by atoms with E-state index in [4.69, 9.17) is 0 Å². The van der Waals surface area contributed by atoms with Crippen molar-refractivity contribution < 1.29 is 0 Å². The Kier molecular flexibility index (Phi) is 6.83. The maximum Gasteiger partial charge on any atom is 0.191 e. The number of aromatic nitrogens is 3. The van der Waals surface area contributed by atoms with Gasteiger partial charge in [-0.15, -0.1) is 10.2 Å². The van der Waals surface area contributed by atoms with Gasteiger partial charge in [-0.3, -0.25) is 4.99 Å². The quantitative estimate of drug-likeness (QED) is 0.432. The molecule has 0 amide bonds. The van der Waals surface area contributed by atoms with Gasteiger partial charge in [0.25, 0.3) is 0 Å². The molecule has 0 aliphatic heterocycles. The van der Waals surface area contributed by atoms with Crippen molar-refractivity contribution >= 4 is 5.96 Å². The van der Waals surface area contributed by atoms with Crippen LogP contribution in [0, 0.1) is 0 Å². The summed E-state index contributed by atoms with van der Waals surface area (Å²) in [4.78, 5) is 4.19. The van der Waals surface area contributed by atoms with Gasteiger partial charge in [-0.05, 0) is 26.2 Å². The van der Waals surface area contributed by atoms with E-state index in [1.54, 1.807) is 19.7 Å². The van der Waals surface area contributed by atoms with Crippen LogP contribution < -0.4 is 10.6 Å². The molecule has 1 unspecified atom stereocenters. The minimum atomic E-state index is 0.452. The molecule has 1 heterocycles. The SMILES string of the molecule is CCC(C)NC(=NC)NCCCCn1cnnc1. The summed E-state index contributed by atoms with van der Waals surface area (Å²) >= 11 is 0. The number of guanidine groups is 1. The van der Waals surface area contributed by atoms with E-state index in [-0.39, 0.29) is 0 Å². The standard InChI is InChI=1S/C12H24N6/c1-4-11(2)17-12(13-3)14-7-5-6-8-18-9-15-16-10-18/h9-11H,4-8H2,1-3H3,(H2,13,14,17). The number of hydrogen-bond donors (Lipinski definition) is 2. The van der Waals surface area contributed by atoms with E-state index >= 15 is 0 Å². The molecule has 0 bridgehead atoms. The molecule has 0 aliphatic rings. The molecule has 0 spiro atoms. The van der Waals surface area contributed by atoms with Gasteiger partial charge in [0, 0.05) is 26.2 Å². The summed E-state index contributed by atoms with van der Waals surface area (Å²) in [5.74, 6) is 0.883. The largest absolute Gasteiger partial charge is 0.356 e. The van der Waals surface area contributed by atoms with Crippen molar-refractivity contribution in [3.8, 4) is 0 Å². The molecule has 102 valence electrons. The third-order valence-corrected chi connectivity index (χ3v) is 2.82. The fourth-order valence-electron chi connectivity index (χ4n) is 1.49. The second-order valence-electron chi connectivity index (χ2n) is 4.36. The monoisotopic (exact) mass is 252 g/mol. The predicted octanol–water partition coefficient (Wildman–Crippen LogP) is 1.02. The van der Waals surface area contributed by atoms with Crippen LogP contribution >= 0.6 is 0 Å². The average Bonchev–Trinajstić information content (AvgIpc) is 2.89. The van der Waals surface area contributed by atoms with Crippen LogP contribution in [0.5, 0.6) is 0 Å². The fraction of sp³-hybridized carbons (Fsp3) is 0.750. The Morgan fingerprint density at radius 3 is 2.67 bits per heavy atom. The van der Waals surface area contributed by atoms with Crippen LogP contribution in [-0.2, 0) is 6.54 Å². The number of aliphatic imine (C=N–C) groups is 1. The molecule has 0 radical (unpaired) electrons. The van der Waals surface area contributed by atoms with Crippen molar-refractivity contribution in [2.75, 3.05) is 13.6 Å². The molecule has 6 heteroatoms. The Labute approximate surface area is 109 Å². The lowest BCUT2D eigenvalue weighted by molar-refractivity contribution is 0.586. The smallest absolute Gasteiger partial charge is 0.191 e. The second kappa shape index (κ2) is 8.49. The molecule has 18 heavy (non-hydrogen) atoms. The van der Waals surface area contributed by atoms with Crippen molar-refractivity contribution in [3.05, 3.63) is 12.7 Å². The Morgan fingerprint density at radius 1 is 1.33 bits per heavy atom. The van der Waals surface area contributed by atoms with Crippen molar-refractivity contribution in [3.63, 3.8) is 0 Å². The van der Waals surface area contributed by atoms with Crippen LogP contribution in [0.25, 0.3) is 0 Å². The summed E-state index contributed by atoms with van der Waals surface area (Å²) < 4.78 is 1.99. The first-order chi connectivity index (χ1) is 8.76. The van der Waals surface area contributed by atoms with Gasteiger partial charge in [-0.2, -0.15) is 0 Å². The lowest BCUT2D eigenvalue weighted by Crippen LogP contribution is -2.42. The molecule has 0 fully saturated rings. The Bertz CT molecular complexity index is 332. The van der Waals surface area contributed by atoms with Gasteiger partial charge < -0.3 is 15.2 Å². The van der Waals surface area contributed by atoms with Gasteiger partial charge >= 0.3 is 0 Å². The third kappa shape index (κ3) is 5.65. The van der Waals surface area contributed by atoms with E-state index in [1.807, 2.05) is 4.57 Å². The molecular weight excluding hydrogens is 228 g/mol. The van der Waals surface area contributed by atoms with E-state index in [0.717, 1.165) is 38.3 Å². The predicted molar refractivity (Wildman–Crippen MR) is 73.5 cm³/mol. The summed E-state index contributed by atoms with van der Waals surface area (Å²) in [6.07, 6.45) is 6.78. The molecule has 1 aromatic rings. The topological polar surface area (TPSA) is 67.1 Å². The molecule has 0 aromatic carbocycles. The summed E-state index contributed by atoms with van der Waals surface area (Å²) in [6.45, 7) is 6.20. The lowest BCUT2D eigenvalue weighted by atomic mass is 10.3. The van der Waals surface area contributed by atoms with E-state index < -0.39 is 0 Å². The molecule has 1 atom stereocenters. The first kappa shape index (κ1) is 14.5. The van der Waals surface area contributed by atoms with E-state index in [1.165, 1.54) is 0 Å². The van der Waals surface area contributed by atoms with Crippen LogP contribution in [0.4, 0.5) is 0 Å². The summed E-state index contributed by atoms with van der Waals surface area (Å²) in [7, 11) is 1.80. The molecular formula is C12H24N6. The Morgan fingerprint density at radius 2 is 2.06 bits per heavy atom. The minimum absolute atomic E-state index is 0.452. The Hall–Kier alpha value is -1.59. The zero-order valence-corrected chi connectivity index (χ0v) is 11.6. The number of nitrogens with one attached hydrogen (secondary N) is 2. The van der Waals surface area contributed by atoms with Crippen LogP contribution in [-0.4, -0.2) is 40.4 Å². The zero-order valence-electron chi connectivity index (χ0n) is 11.6. The minimum Gasteiger partial charge on any atom is -0.356 e. The Balaban J connectivity index is 2.09. The first-order valence-corrected chi connectivity index (χ1v) is 6.55. The highest BCUT2D eigenvalue weighted by Crippen LogP contribution is 1.93. The van der Waals surface area contributed by atoms with Crippen molar-refractivity contribution in [1.29, 1.82) is 0 Å². The molecule has 2 N–H and O–H groups in total. The van der Waals surface area contributed by atoms with E-state index in [2.05, 4.69) is 39.7 Å². The first-order valence-electron chi connectivity index (χ1n) is 6.55. The number of rotatable bonds is 7. The van der Waals surface area contributed by atoms with Crippen LogP contribution in [0.2, 0.25) is 0 Å². The van der Waals surface area contributed by atoms with E-state index in [9.17, 15) is 0 Å². The van der Waals surface area contributed by atoms with Crippen molar-refractivity contribution in [2.24, 2.45) is 4.99 Å². The summed E-state index contributed by atoms with van der Waals surface area (Å²) in [5, 5.41) is 14.2. The number of unbranched alkanes of at least 4 members (excludes halogenated alkanes) is 1. The molecule has 0 saturated carbocycles. The van der Waals surface area contributed by atoms with Crippen LogP contribution in [0.1, 0.15) is 33.1 Å². The number of nitrogens with zero attached hydrogens (tertiary/aromatic N) is 4. The molecule has 1 aromatic heterocycles. The van der Waals surface area contributed by atoms with Gasteiger partial charge in [0.1, 0.15) is 12.7 Å². The maximum absolute atomic E-state index is 4.19. The number of aryl methyl sites for hydroxylation is 1. The van der Waals surface area contributed by atoms with Crippen LogP contribution in [0.15, 0.2) is 17.6 Å². The van der Waals surface area contributed by atoms with Gasteiger partial charge in [-0.1, -0.05) is 6.92 Å². The molecule has 0 aliphatic carbocycles. The molecule has 0 saturated heterocycles.